The van der Waals surface area contributed by atoms with E-state index < -0.39 is 11.4 Å². The Bertz CT molecular complexity index is 484. The number of rotatable bonds is 5. The average molecular weight is 305 g/mol. The zero-order valence-corrected chi connectivity index (χ0v) is 12.1. The van der Waals surface area contributed by atoms with Gasteiger partial charge in [0, 0.05) is 0 Å². The van der Waals surface area contributed by atoms with Crippen LogP contribution < -0.4 is 0 Å². The molecule has 2 rings (SSSR count). The normalized spacial score (nSPS) is 17.6. The van der Waals surface area contributed by atoms with Gasteiger partial charge in [-0.05, 0) is 18.1 Å². The Morgan fingerprint density at radius 2 is 2.15 bits per heavy atom. The van der Waals surface area contributed by atoms with Crippen LogP contribution in [-0.2, 0) is 5.75 Å². The Morgan fingerprint density at radius 3 is 2.70 bits per heavy atom. The number of halogens is 2. The molecule has 0 radical (unpaired) electrons. The van der Waals surface area contributed by atoms with Crippen LogP contribution in [0.15, 0.2) is 16.5 Å². The molecular formula is C13H17F2NO3S. The molecule has 1 saturated heterocycles. The van der Waals surface area contributed by atoms with E-state index in [1.165, 1.54) is 17.0 Å². The zero-order valence-electron chi connectivity index (χ0n) is 11.3. The summed E-state index contributed by atoms with van der Waals surface area (Å²) in [6.45, 7) is 4.33. The van der Waals surface area contributed by atoms with E-state index in [9.17, 15) is 18.7 Å². The predicted molar refractivity (Wildman–Crippen MR) is 71.7 cm³/mol. The molecule has 112 valence electrons. The molecule has 0 aliphatic carbocycles. The maximum atomic E-state index is 12.1. The second-order valence-electron chi connectivity index (χ2n) is 5.26. The minimum absolute atomic E-state index is 0.0286. The highest BCUT2D eigenvalue weighted by Gasteiger charge is 2.46. The number of thioether (sulfide) groups is 1. The lowest BCUT2D eigenvalue weighted by atomic mass is 9.83. The SMILES string of the molecule is CC(C)C1(O)CN(C(=O)c2ccc(CSC(F)F)o2)C1. The van der Waals surface area contributed by atoms with Crippen molar-refractivity contribution in [2.24, 2.45) is 5.92 Å². The summed E-state index contributed by atoms with van der Waals surface area (Å²) in [5, 5.41) is 10.1. The number of hydrogen-bond donors (Lipinski definition) is 1. The second kappa shape index (κ2) is 5.73. The Kier molecular flexibility index (Phi) is 4.39. The van der Waals surface area contributed by atoms with Gasteiger partial charge in [-0.1, -0.05) is 25.6 Å². The number of carbonyl (C=O) groups is 1. The van der Waals surface area contributed by atoms with Gasteiger partial charge in [0.05, 0.1) is 18.8 Å². The Labute approximate surface area is 120 Å². The van der Waals surface area contributed by atoms with Gasteiger partial charge in [-0.25, -0.2) is 0 Å². The van der Waals surface area contributed by atoms with Crippen molar-refractivity contribution in [1.82, 2.24) is 4.90 Å². The molecule has 0 unspecified atom stereocenters. The summed E-state index contributed by atoms with van der Waals surface area (Å²) in [5.74, 6) is -2.21. The molecule has 0 bridgehead atoms. The largest absolute Gasteiger partial charge is 0.455 e. The van der Waals surface area contributed by atoms with Crippen molar-refractivity contribution in [3.63, 3.8) is 0 Å². The molecule has 4 nitrogen and oxygen atoms in total. The van der Waals surface area contributed by atoms with Gasteiger partial charge in [-0.3, -0.25) is 4.79 Å². The molecule has 1 aromatic rings. The van der Waals surface area contributed by atoms with Crippen LogP contribution >= 0.6 is 11.8 Å². The van der Waals surface area contributed by atoms with Crippen molar-refractivity contribution in [3.05, 3.63) is 23.7 Å². The fourth-order valence-corrected chi connectivity index (χ4v) is 2.44. The number of furan rings is 1. The fourth-order valence-electron chi connectivity index (χ4n) is 1.99. The molecule has 1 N–H and O–H groups in total. The summed E-state index contributed by atoms with van der Waals surface area (Å²) in [7, 11) is 0. The predicted octanol–water partition coefficient (Wildman–Crippen LogP) is 2.58. The highest BCUT2D eigenvalue weighted by molar-refractivity contribution is 7.98. The highest BCUT2D eigenvalue weighted by atomic mass is 32.2. The lowest BCUT2D eigenvalue weighted by Gasteiger charge is -2.48. The van der Waals surface area contributed by atoms with Gasteiger partial charge in [-0.15, -0.1) is 0 Å². The van der Waals surface area contributed by atoms with Crippen molar-refractivity contribution in [2.45, 2.75) is 31.0 Å². The van der Waals surface area contributed by atoms with E-state index in [0.717, 1.165) is 0 Å². The number of carbonyl (C=O) groups excluding carboxylic acids is 1. The summed E-state index contributed by atoms with van der Waals surface area (Å²) in [4.78, 5) is 13.5. The average Bonchev–Trinajstić information content (AvgIpc) is 2.80. The lowest BCUT2D eigenvalue weighted by Crippen LogP contribution is -2.65. The van der Waals surface area contributed by atoms with Crippen molar-refractivity contribution < 1.29 is 23.1 Å². The van der Waals surface area contributed by atoms with Gasteiger partial charge in [0.25, 0.3) is 11.7 Å². The zero-order chi connectivity index (χ0) is 14.9. The number of aliphatic hydroxyl groups is 1. The van der Waals surface area contributed by atoms with Gasteiger partial charge < -0.3 is 14.4 Å². The smallest absolute Gasteiger partial charge is 0.289 e. The van der Waals surface area contributed by atoms with Gasteiger partial charge in [0.1, 0.15) is 11.4 Å². The summed E-state index contributed by atoms with van der Waals surface area (Å²) >= 11 is 0.449. The van der Waals surface area contributed by atoms with E-state index in [0.29, 0.717) is 17.5 Å². The topological polar surface area (TPSA) is 53.7 Å². The Hall–Kier alpha value is -1.08. The van der Waals surface area contributed by atoms with E-state index in [1.54, 1.807) is 0 Å². The third-order valence-corrected chi connectivity index (χ3v) is 4.22. The number of amides is 1. The number of alkyl halides is 2. The fraction of sp³-hybridized carbons (Fsp3) is 0.615. The molecule has 0 aromatic carbocycles. The summed E-state index contributed by atoms with van der Waals surface area (Å²) in [6.07, 6.45) is 0. The molecule has 1 aliphatic heterocycles. The highest BCUT2D eigenvalue weighted by Crippen LogP contribution is 2.30. The van der Waals surface area contributed by atoms with Crippen LogP contribution in [0.25, 0.3) is 0 Å². The van der Waals surface area contributed by atoms with Crippen LogP contribution in [0.1, 0.15) is 30.2 Å². The van der Waals surface area contributed by atoms with Gasteiger partial charge in [0.15, 0.2) is 5.76 Å². The molecule has 0 spiro atoms. The molecule has 1 aliphatic rings. The van der Waals surface area contributed by atoms with Crippen LogP contribution in [0.3, 0.4) is 0 Å². The lowest BCUT2D eigenvalue weighted by molar-refractivity contribution is -0.111. The van der Waals surface area contributed by atoms with Crippen LogP contribution in [-0.4, -0.2) is 40.4 Å². The number of nitrogens with zero attached hydrogens (tertiary/aromatic N) is 1. The van der Waals surface area contributed by atoms with E-state index >= 15 is 0 Å². The Morgan fingerprint density at radius 1 is 1.50 bits per heavy atom. The standard InChI is InChI=1S/C13H17F2NO3S/c1-8(2)13(18)6-16(7-13)11(17)10-4-3-9(19-10)5-20-12(14)15/h3-4,8,12,18H,5-7H2,1-2H3. The molecular weight excluding hydrogens is 288 g/mol. The summed E-state index contributed by atoms with van der Waals surface area (Å²) < 4.78 is 29.4. The number of hydrogen-bond acceptors (Lipinski definition) is 4. The minimum atomic E-state index is -2.46. The first-order valence-corrected chi connectivity index (χ1v) is 7.37. The van der Waals surface area contributed by atoms with Gasteiger partial charge in [-0.2, -0.15) is 8.78 Å². The quantitative estimate of drug-likeness (QED) is 0.908. The third kappa shape index (κ3) is 3.15. The molecule has 0 atom stereocenters. The van der Waals surface area contributed by atoms with Gasteiger partial charge >= 0.3 is 0 Å². The number of likely N-dealkylation sites (tertiary alicyclic amines) is 1. The first-order chi connectivity index (χ1) is 9.32. The Balaban J connectivity index is 1.91. The molecule has 7 heteroatoms. The van der Waals surface area contributed by atoms with Crippen molar-refractivity contribution >= 4 is 17.7 Å². The van der Waals surface area contributed by atoms with E-state index in [-0.39, 0.29) is 36.4 Å². The number of β-amino-alcohol motifs (C(OH)–C–C–N with tert-alkyl or cyclic N) is 1. The maximum Gasteiger partial charge on any atom is 0.289 e. The van der Waals surface area contributed by atoms with Crippen LogP contribution in [0.4, 0.5) is 8.78 Å². The first-order valence-electron chi connectivity index (χ1n) is 6.32. The molecule has 20 heavy (non-hydrogen) atoms. The van der Waals surface area contributed by atoms with Crippen molar-refractivity contribution in [1.29, 1.82) is 0 Å². The second-order valence-corrected chi connectivity index (χ2v) is 6.24. The van der Waals surface area contributed by atoms with Crippen LogP contribution in [0.5, 0.6) is 0 Å². The van der Waals surface area contributed by atoms with Crippen molar-refractivity contribution in [2.75, 3.05) is 13.1 Å². The molecule has 1 fully saturated rings. The van der Waals surface area contributed by atoms with E-state index in [1.807, 2.05) is 13.8 Å². The van der Waals surface area contributed by atoms with Crippen LogP contribution in [0.2, 0.25) is 0 Å². The monoisotopic (exact) mass is 305 g/mol. The molecule has 1 amide bonds. The maximum absolute atomic E-state index is 12.1. The van der Waals surface area contributed by atoms with E-state index in [4.69, 9.17) is 4.42 Å². The minimum Gasteiger partial charge on any atom is -0.455 e. The van der Waals surface area contributed by atoms with Gasteiger partial charge in [0.2, 0.25) is 0 Å². The van der Waals surface area contributed by atoms with Crippen LogP contribution in [0, 0.1) is 5.92 Å². The molecule has 2 heterocycles. The van der Waals surface area contributed by atoms with E-state index in [2.05, 4.69) is 0 Å². The molecule has 1 aromatic heterocycles. The third-order valence-electron chi connectivity index (χ3n) is 3.52. The first kappa shape index (κ1) is 15.3. The molecule has 0 saturated carbocycles. The van der Waals surface area contributed by atoms with Crippen molar-refractivity contribution in [3.8, 4) is 0 Å². The summed E-state index contributed by atoms with van der Waals surface area (Å²) in [6, 6.07) is 3.01. The summed E-state index contributed by atoms with van der Waals surface area (Å²) in [5.41, 5.74) is -0.837.